The van der Waals surface area contributed by atoms with E-state index < -0.39 is 11.0 Å². The third-order valence-corrected chi connectivity index (χ3v) is 6.37. The van der Waals surface area contributed by atoms with Crippen molar-refractivity contribution < 1.29 is 14.4 Å². The van der Waals surface area contributed by atoms with E-state index in [1.54, 1.807) is 0 Å². The van der Waals surface area contributed by atoms with E-state index in [2.05, 4.69) is 20.8 Å². The van der Waals surface area contributed by atoms with E-state index in [1.165, 1.54) is 42.7 Å². The van der Waals surface area contributed by atoms with Gasteiger partial charge in [0, 0.05) is 28.5 Å². The first-order valence-corrected chi connectivity index (χ1v) is 11.5. The van der Waals surface area contributed by atoms with Crippen molar-refractivity contribution in [2.24, 2.45) is 10.8 Å². The summed E-state index contributed by atoms with van der Waals surface area (Å²) in [6.45, 7) is 14.3. The van der Waals surface area contributed by atoms with E-state index in [1.807, 2.05) is 27.7 Å². The monoisotopic (exact) mass is 405 g/mol. The van der Waals surface area contributed by atoms with Crippen molar-refractivity contribution in [2.75, 3.05) is 0 Å². The van der Waals surface area contributed by atoms with Crippen LogP contribution in [-0.2, 0) is 14.4 Å². The molecular formula is C25H43NO3. The molecule has 0 radical (unpaired) electrons. The van der Waals surface area contributed by atoms with Gasteiger partial charge in [-0.3, -0.25) is 19.3 Å². The van der Waals surface area contributed by atoms with Gasteiger partial charge in [0.25, 0.3) is 11.8 Å². The van der Waals surface area contributed by atoms with Crippen molar-refractivity contribution in [1.82, 2.24) is 4.90 Å². The second kappa shape index (κ2) is 10.5. The Hall–Kier alpha value is -1.45. The minimum atomic E-state index is -0.705. The van der Waals surface area contributed by atoms with Crippen molar-refractivity contribution >= 4 is 17.6 Å². The molecular weight excluding hydrogens is 362 g/mol. The van der Waals surface area contributed by atoms with Gasteiger partial charge in [-0.05, 0) is 33.1 Å². The molecule has 0 saturated carbocycles. The number of carbonyl (C=O) groups excluding carboxylic acids is 3. The lowest BCUT2D eigenvalue weighted by Crippen LogP contribution is -2.52. The molecule has 4 heteroatoms. The first-order chi connectivity index (χ1) is 13.4. The Morgan fingerprint density at radius 1 is 0.793 bits per heavy atom. The molecule has 1 unspecified atom stereocenters. The molecule has 0 aromatic rings. The molecule has 0 bridgehead atoms. The molecule has 0 aromatic heterocycles. The number of carbonyl (C=O) groups is 3. The van der Waals surface area contributed by atoms with Gasteiger partial charge in [-0.25, -0.2) is 0 Å². The summed E-state index contributed by atoms with van der Waals surface area (Å²) in [5.41, 5.74) is -1.67. The quantitative estimate of drug-likeness (QED) is 0.254. The number of hydrogen-bond acceptors (Lipinski definition) is 3. The van der Waals surface area contributed by atoms with Crippen LogP contribution in [0.5, 0.6) is 0 Å². The fraction of sp³-hybridized carbons (Fsp3) is 0.800. The second-order valence-corrected chi connectivity index (χ2v) is 10.4. The summed E-state index contributed by atoms with van der Waals surface area (Å²) in [5.74, 6) is -0.296. The third kappa shape index (κ3) is 6.79. The molecule has 1 aliphatic heterocycles. The normalized spacial score (nSPS) is 17.1. The summed E-state index contributed by atoms with van der Waals surface area (Å²) in [4.78, 5) is 39.4. The predicted octanol–water partition coefficient (Wildman–Crippen LogP) is 6.23. The van der Waals surface area contributed by atoms with Crippen LogP contribution in [0.4, 0.5) is 0 Å². The highest BCUT2D eigenvalue weighted by Gasteiger charge is 2.47. The molecule has 0 fully saturated rings. The maximum Gasteiger partial charge on any atom is 0.254 e. The van der Waals surface area contributed by atoms with Gasteiger partial charge in [-0.15, -0.1) is 0 Å². The number of amides is 2. The Morgan fingerprint density at radius 3 is 1.79 bits per heavy atom. The van der Waals surface area contributed by atoms with Crippen molar-refractivity contribution in [1.29, 1.82) is 0 Å². The summed E-state index contributed by atoms with van der Waals surface area (Å²) in [5, 5.41) is 0. The third-order valence-electron chi connectivity index (χ3n) is 6.37. The number of rotatable bonds is 14. The first-order valence-electron chi connectivity index (χ1n) is 11.5. The standard InChI is InChI=1S/C25H43NO3/c1-8-10-12-13-14-18-25(7,17-11-9-2)22(29)23(3,4)19-24(5,6)26-20(27)15-16-21(26)28/h15-16H,8-14,17-19H2,1-7H3. The van der Waals surface area contributed by atoms with E-state index in [0.717, 1.165) is 32.1 Å². The van der Waals surface area contributed by atoms with Crippen LogP contribution >= 0.6 is 0 Å². The number of hydrogen-bond donors (Lipinski definition) is 0. The molecule has 1 heterocycles. The van der Waals surface area contributed by atoms with E-state index >= 15 is 0 Å². The van der Waals surface area contributed by atoms with E-state index in [-0.39, 0.29) is 23.0 Å². The maximum atomic E-state index is 13.8. The van der Waals surface area contributed by atoms with Gasteiger partial charge in [-0.1, -0.05) is 79.6 Å². The average molecular weight is 406 g/mol. The van der Waals surface area contributed by atoms with Gasteiger partial charge in [-0.2, -0.15) is 0 Å². The molecule has 1 aliphatic rings. The number of nitrogens with zero attached hydrogens (tertiary/aromatic N) is 1. The number of unbranched alkanes of at least 4 members (excludes halogenated alkanes) is 5. The minimum Gasteiger partial charge on any atom is -0.298 e. The number of ketones is 1. The Kier molecular flexibility index (Phi) is 9.30. The smallest absolute Gasteiger partial charge is 0.254 e. The zero-order valence-electron chi connectivity index (χ0n) is 19.9. The molecule has 4 nitrogen and oxygen atoms in total. The van der Waals surface area contributed by atoms with Crippen molar-refractivity contribution in [3.8, 4) is 0 Å². The van der Waals surface area contributed by atoms with Crippen molar-refractivity contribution in [3.63, 3.8) is 0 Å². The fourth-order valence-corrected chi connectivity index (χ4v) is 5.09. The number of imide groups is 1. The van der Waals surface area contributed by atoms with E-state index in [9.17, 15) is 14.4 Å². The Bertz CT molecular complexity index is 600. The van der Waals surface area contributed by atoms with Gasteiger partial charge in [0.05, 0.1) is 0 Å². The molecule has 0 saturated heterocycles. The minimum absolute atomic E-state index is 0.272. The molecule has 166 valence electrons. The molecule has 1 atom stereocenters. The van der Waals surface area contributed by atoms with Crippen molar-refractivity contribution in [2.45, 2.75) is 118 Å². The summed E-state index contributed by atoms with van der Waals surface area (Å²) in [6.07, 6.45) is 13.0. The molecule has 0 aliphatic carbocycles. The maximum absolute atomic E-state index is 13.8. The summed E-state index contributed by atoms with van der Waals surface area (Å²) >= 11 is 0. The highest BCUT2D eigenvalue weighted by molar-refractivity contribution is 6.13. The summed E-state index contributed by atoms with van der Waals surface area (Å²) < 4.78 is 0. The summed E-state index contributed by atoms with van der Waals surface area (Å²) in [6, 6.07) is 0. The molecule has 1 rings (SSSR count). The Labute approximate surface area is 178 Å². The van der Waals surface area contributed by atoms with Crippen LogP contribution in [0.2, 0.25) is 0 Å². The second-order valence-electron chi connectivity index (χ2n) is 10.4. The zero-order valence-corrected chi connectivity index (χ0v) is 19.9. The molecule has 0 aromatic carbocycles. The van der Waals surface area contributed by atoms with Gasteiger partial charge < -0.3 is 0 Å². The molecule has 0 spiro atoms. The lowest BCUT2D eigenvalue weighted by atomic mass is 9.64. The largest absolute Gasteiger partial charge is 0.298 e. The topological polar surface area (TPSA) is 54.5 Å². The molecule has 0 N–H and O–H groups in total. The SMILES string of the molecule is CCCCCCCC(C)(CCCC)C(=O)C(C)(C)CC(C)(C)N1C(=O)C=CC1=O. The summed E-state index contributed by atoms with van der Waals surface area (Å²) in [7, 11) is 0. The van der Waals surface area contributed by atoms with Crippen LogP contribution in [0.1, 0.15) is 113 Å². The highest BCUT2D eigenvalue weighted by atomic mass is 16.2. The van der Waals surface area contributed by atoms with Gasteiger partial charge in [0.2, 0.25) is 0 Å². The zero-order chi connectivity index (χ0) is 22.3. The van der Waals surface area contributed by atoms with Crippen LogP contribution < -0.4 is 0 Å². The lowest BCUT2D eigenvalue weighted by molar-refractivity contribution is -0.148. The predicted molar refractivity (Wildman–Crippen MR) is 119 cm³/mol. The molecule has 2 amide bonds. The van der Waals surface area contributed by atoms with Crippen molar-refractivity contribution in [3.05, 3.63) is 12.2 Å². The van der Waals surface area contributed by atoms with Crippen LogP contribution in [0, 0.1) is 10.8 Å². The number of Topliss-reactive ketones (excluding diaryl/α,β-unsaturated/α-hetero) is 1. The van der Waals surface area contributed by atoms with E-state index in [0.29, 0.717) is 6.42 Å². The van der Waals surface area contributed by atoms with Crippen LogP contribution in [0.3, 0.4) is 0 Å². The molecule has 29 heavy (non-hydrogen) atoms. The van der Waals surface area contributed by atoms with Gasteiger partial charge in [0.1, 0.15) is 5.78 Å². The first kappa shape index (κ1) is 25.6. The fourth-order valence-electron chi connectivity index (χ4n) is 5.09. The van der Waals surface area contributed by atoms with E-state index in [4.69, 9.17) is 0 Å². The van der Waals surface area contributed by atoms with Crippen LogP contribution in [-0.4, -0.2) is 28.0 Å². The van der Waals surface area contributed by atoms with Crippen LogP contribution in [0.15, 0.2) is 12.2 Å². The van der Waals surface area contributed by atoms with Gasteiger partial charge in [0.15, 0.2) is 0 Å². The highest BCUT2D eigenvalue weighted by Crippen LogP contribution is 2.43. The average Bonchev–Trinajstić information content (AvgIpc) is 2.97. The Morgan fingerprint density at radius 2 is 1.28 bits per heavy atom. The lowest BCUT2D eigenvalue weighted by Gasteiger charge is -2.43. The van der Waals surface area contributed by atoms with Crippen LogP contribution in [0.25, 0.3) is 0 Å². The van der Waals surface area contributed by atoms with Gasteiger partial charge >= 0.3 is 0 Å². The Balaban J connectivity index is 2.93.